The van der Waals surface area contributed by atoms with Gasteiger partial charge in [-0.3, -0.25) is 48.7 Å². The van der Waals surface area contributed by atoms with Gasteiger partial charge in [0.2, 0.25) is 17.7 Å². The average Bonchev–Trinajstić information content (AvgIpc) is 3.72. The summed E-state index contributed by atoms with van der Waals surface area (Å²) < 4.78 is 13.9. The van der Waals surface area contributed by atoms with E-state index in [4.69, 9.17) is 0 Å². The zero-order valence-corrected chi connectivity index (χ0v) is 31.5. The number of benzene rings is 2. The van der Waals surface area contributed by atoms with Crippen LogP contribution in [0.15, 0.2) is 36.4 Å². The molecule has 4 heterocycles. The number of likely N-dealkylation sites (N-methyl/N-ethyl adjacent to an activating group) is 1. The molecule has 0 bridgehead atoms. The summed E-state index contributed by atoms with van der Waals surface area (Å²) in [5.74, 6) is -3.43. The molecule has 0 aliphatic carbocycles. The molecule has 16 heteroatoms. The van der Waals surface area contributed by atoms with Crippen molar-refractivity contribution in [2.75, 3.05) is 49.9 Å². The fraction of sp³-hybridized carbons (Fsp3) is 0.375. The van der Waals surface area contributed by atoms with Crippen LogP contribution in [-0.4, -0.2) is 101 Å². The number of nitrogens with zero attached hydrogens (tertiary/aromatic N) is 2. The van der Waals surface area contributed by atoms with E-state index in [0.717, 1.165) is 24.2 Å². The number of carbonyl (C=O) groups is 7. The van der Waals surface area contributed by atoms with Gasteiger partial charge in [0.25, 0.3) is 23.6 Å². The van der Waals surface area contributed by atoms with E-state index in [2.05, 4.69) is 31.6 Å². The normalized spacial score (nSPS) is 16.9. The van der Waals surface area contributed by atoms with Crippen molar-refractivity contribution in [3.8, 4) is 0 Å². The number of anilines is 2. The molecule has 1 saturated heterocycles. The van der Waals surface area contributed by atoms with Crippen molar-refractivity contribution in [1.82, 2.24) is 30.7 Å². The predicted octanol–water partition coefficient (Wildman–Crippen LogP) is 3.11. The van der Waals surface area contributed by atoms with E-state index in [1.807, 2.05) is 11.8 Å². The monoisotopic (exact) mass is 768 g/mol. The van der Waals surface area contributed by atoms with Gasteiger partial charge in [-0.25, -0.2) is 4.39 Å². The fourth-order valence-electron chi connectivity index (χ4n) is 7.27. The standard InChI is InChI=1S/C40H45FN8O7/c1-4-48(18-17-44-38(54)34-22(2)30(45-23(34)3)20-27-26-19-24(41)11-12-28(26)46-36(27)52)21-33(51)43-16-7-5-6-15-42-29-10-8-9-25-35(29)40(56)49(39(25)55)31-13-14-32(50)47-37(31)53/h8-12,19-20,31,42,45H,4-7,13-18,21H2,1-3H3,(H,43,51)(H,44,54)(H,46,52)(H,47,50,53)/b27-20-. The van der Waals surface area contributed by atoms with Crippen molar-refractivity contribution < 1.29 is 38.0 Å². The van der Waals surface area contributed by atoms with E-state index in [0.29, 0.717) is 77.7 Å². The first-order chi connectivity index (χ1) is 26.9. The van der Waals surface area contributed by atoms with E-state index >= 15 is 0 Å². The van der Waals surface area contributed by atoms with Crippen molar-refractivity contribution in [3.05, 3.63) is 81.4 Å². The number of hydrogen-bond acceptors (Lipinski definition) is 9. The maximum atomic E-state index is 13.9. The number of piperidine rings is 1. The summed E-state index contributed by atoms with van der Waals surface area (Å²) in [5.41, 5.74) is 4.53. The molecule has 3 aromatic rings. The number of fused-ring (bicyclic) bond motifs is 2. The topological polar surface area (TPSA) is 202 Å². The van der Waals surface area contributed by atoms with Gasteiger partial charge in [0.15, 0.2) is 0 Å². The summed E-state index contributed by atoms with van der Waals surface area (Å²) in [4.78, 5) is 94.8. The first-order valence-electron chi connectivity index (χ1n) is 18.8. The summed E-state index contributed by atoms with van der Waals surface area (Å²) in [5, 5.41) is 14.0. The second-order valence-corrected chi connectivity index (χ2v) is 14.0. The molecule has 1 fully saturated rings. The molecule has 6 N–H and O–H groups in total. The largest absolute Gasteiger partial charge is 0.384 e. The SMILES string of the molecule is CCN(CCNC(=O)c1c(C)[nH]c(/C=C2\C(=O)Nc3ccc(F)cc32)c1C)CC(=O)NCCCCCNc1cccc2c1C(=O)N(C1CCC(=O)NC1=O)C2=O. The Morgan fingerprint density at radius 2 is 1.73 bits per heavy atom. The lowest BCUT2D eigenvalue weighted by Crippen LogP contribution is -2.54. The lowest BCUT2D eigenvalue weighted by atomic mass is 10.0. The second-order valence-electron chi connectivity index (χ2n) is 14.0. The first-order valence-corrected chi connectivity index (χ1v) is 18.8. The minimum atomic E-state index is -1.03. The number of H-pyrrole nitrogens is 1. The highest BCUT2D eigenvalue weighted by Gasteiger charge is 2.45. The molecule has 0 radical (unpaired) electrons. The van der Waals surface area contributed by atoms with Gasteiger partial charge in [-0.05, 0) is 88.0 Å². The molecule has 0 spiro atoms. The van der Waals surface area contributed by atoms with Gasteiger partial charge in [-0.2, -0.15) is 0 Å². The van der Waals surface area contributed by atoms with Gasteiger partial charge in [-0.15, -0.1) is 0 Å². The Hall–Kier alpha value is -6.16. The second kappa shape index (κ2) is 17.1. The number of nitrogens with one attached hydrogen (secondary N) is 6. The minimum absolute atomic E-state index is 0.0513. The molecule has 3 aliphatic rings. The van der Waals surface area contributed by atoms with Crippen LogP contribution in [0.3, 0.4) is 0 Å². The van der Waals surface area contributed by atoms with Gasteiger partial charge in [-0.1, -0.05) is 13.0 Å². The smallest absolute Gasteiger partial charge is 0.264 e. The van der Waals surface area contributed by atoms with E-state index in [1.54, 1.807) is 38.1 Å². The first kappa shape index (κ1) is 39.5. The van der Waals surface area contributed by atoms with Crippen molar-refractivity contribution >= 4 is 64.4 Å². The van der Waals surface area contributed by atoms with Crippen LogP contribution < -0.4 is 26.6 Å². The summed E-state index contributed by atoms with van der Waals surface area (Å²) in [7, 11) is 0. The highest BCUT2D eigenvalue weighted by molar-refractivity contribution is 6.35. The molecule has 2 aromatic carbocycles. The summed E-state index contributed by atoms with van der Waals surface area (Å²) >= 11 is 0. The number of rotatable bonds is 16. The number of aromatic nitrogens is 1. The molecule has 7 amide bonds. The number of hydrogen-bond donors (Lipinski definition) is 6. The number of amides is 7. The summed E-state index contributed by atoms with van der Waals surface area (Å²) in [6.07, 6.45) is 4.02. The number of unbranched alkanes of at least 4 members (excludes halogenated alkanes) is 2. The van der Waals surface area contributed by atoms with Gasteiger partial charge in [0.05, 0.1) is 28.8 Å². The van der Waals surface area contributed by atoms with Crippen LogP contribution in [0.25, 0.3) is 11.6 Å². The van der Waals surface area contributed by atoms with Crippen LogP contribution in [0.2, 0.25) is 0 Å². The van der Waals surface area contributed by atoms with E-state index in [1.165, 1.54) is 18.2 Å². The Balaban J connectivity index is 0.898. The highest BCUT2D eigenvalue weighted by atomic mass is 19.1. The Kier molecular flexibility index (Phi) is 12.1. The van der Waals surface area contributed by atoms with Crippen LogP contribution in [0.4, 0.5) is 15.8 Å². The third kappa shape index (κ3) is 8.39. The molecule has 3 aliphatic heterocycles. The van der Waals surface area contributed by atoms with Crippen LogP contribution in [0, 0.1) is 19.7 Å². The number of aromatic amines is 1. The zero-order valence-electron chi connectivity index (χ0n) is 31.5. The Bertz CT molecular complexity index is 2140. The van der Waals surface area contributed by atoms with Crippen molar-refractivity contribution in [3.63, 3.8) is 0 Å². The van der Waals surface area contributed by atoms with Crippen LogP contribution in [0.5, 0.6) is 0 Å². The number of imide groups is 2. The van der Waals surface area contributed by atoms with Crippen LogP contribution >= 0.6 is 0 Å². The Morgan fingerprint density at radius 1 is 0.946 bits per heavy atom. The number of carbonyl (C=O) groups excluding carboxylic acids is 7. The predicted molar refractivity (Wildman–Crippen MR) is 206 cm³/mol. The lowest BCUT2D eigenvalue weighted by Gasteiger charge is -2.27. The van der Waals surface area contributed by atoms with E-state index in [9.17, 15) is 38.0 Å². The third-order valence-corrected chi connectivity index (χ3v) is 10.2. The van der Waals surface area contributed by atoms with E-state index < -0.39 is 35.5 Å². The number of aryl methyl sites for hydroxylation is 1. The minimum Gasteiger partial charge on any atom is -0.384 e. The summed E-state index contributed by atoms with van der Waals surface area (Å²) in [6, 6.07) is 8.00. The molecule has 0 saturated carbocycles. The number of halogens is 1. The zero-order chi connectivity index (χ0) is 40.1. The fourth-order valence-corrected chi connectivity index (χ4v) is 7.27. The van der Waals surface area contributed by atoms with Crippen molar-refractivity contribution in [2.45, 2.75) is 58.9 Å². The molecular weight excluding hydrogens is 723 g/mol. The molecule has 6 rings (SSSR count). The van der Waals surface area contributed by atoms with Gasteiger partial charge < -0.3 is 26.3 Å². The van der Waals surface area contributed by atoms with Crippen LogP contribution in [-0.2, 0) is 19.2 Å². The molecule has 294 valence electrons. The quantitative estimate of drug-likeness (QED) is 0.0720. The third-order valence-electron chi connectivity index (χ3n) is 10.2. The maximum Gasteiger partial charge on any atom is 0.264 e. The van der Waals surface area contributed by atoms with Crippen molar-refractivity contribution in [2.24, 2.45) is 0 Å². The molecule has 56 heavy (non-hydrogen) atoms. The maximum absolute atomic E-state index is 13.9. The summed E-state index contributed by atoms with van der Waals surface area (Å²) in [6.45, 7) is 8.01. The van der Waals surface area contributed by atoms with Gasteiger partial charge in [0, 0.05) is 60.9 Å². The highest BCUT2D eigenvalue weighted by Crippen LogP contribution is 2.35. The molecule has 1 aromatic heterocycles. The molecule has 15 nitrogen and oxygen atoms in total. The average molecular weight is 769 g/mol. The Morgan fingerprint density at radius 3 is 2.50 bits per heavy atom. The molecular formula is C40H45FN8O7. The molecule has 1 unspecified atom stereocenters. The van der Waals surface area contributed by atoms with Crippen molar-refractivity contribution in [1.29, 1.82) is 0 Å². The van der Waals surface area contributed by atoms with Gasteiger partial charge >= 0.3 is 0 Å². The molecule has 1 atom stereocenters. The van der Waals surface area contributed by atoms with Gasteiger partial charge in [0.1, 0.15) is 11.9 Å². The Labute approximate surface area is 322 Å². The lowest BCUT2D eigenvalue weighted by molar-refractivity contribution is -0.136. The van der Waals surface area contributed by atoms with Crippen LogP contribution in [0.1, 0.15) is 92.6 Å². The van der Waals surface area contributed by atoms with E-state index in [-0.39, 0.29) is 48.2 Å².